The van der Waals surface area contributed by atoms with Gasteiger partial charge in [-0.3, -0.25) is 5.10 Å². The van der Waals surface area contributed by atoms with Crippen molar-refractivity contribution < 1.29 is 17.7 Å². The minimum Gasteiger partial charge on any atom is -0.414 e. The highest BCUT2D eigenvalue weighted by Gasteiger charge is 2.60. The molecule has 0 saturated carbocycles. The van der Waals surface area contributed by atoms with E-state index in [4.69, 9.17) is 23.4 Å². The molecule has 0 aliphatic carbocycles. The zero-order valence-corrected chi connectivity index (χ0v) is 23.1. The van der Waals surface area contributed by atoms with E-state index in [0.29, 0.717) is 41.0 Å². The summed E-state index contributed by atoms with van der Waals surface area (Å²) in [6.07, 6.45) is 1.62. The van der Waals surface area contributed by atoms with Gasteiger partial charge in [0.15, 0.2) is 11.3 Å². The van der Waals surface area contributed by atoms with Crippen molar-refractivity contribution in [2.75, 3.05) is 12.3 Å². The Morgan fingerprint density at radius 3 is 2.15 bits per heavy atom. The Bertz CT molecular complexity index is 967. The van der Waals surface area contributed by atoms with Crippen LogP contribution in [0.3, 0.4) is 0 Å². The zero-order chi connectivity index (χ0) is 24.1. The zero-order valence-electron chi connectivity index (χ0n) is 21.1. The summed E-state index contributed by atoms with van der Waals surface area (Å²) in [7, 11) is -5.24. The van der Waals surface area contributed by atoms with Crippen LogP contribution in [0.2, 0.25) is 22.2 Å². The molecule has 2 aromatic rings. The molecule has 0 spiro atoms. The predicted octanol–water partition coefficient (Wildman–Crippen LogP) is 4.72. The summed E-state index contributed by atoms with van der Waals surface area (Å²) >= 11 is 0. The van der Waals surface area contributed by atoms with Gasteiger partial charge in [-0.05, 0) is 22.2 Å². The van der Waals surface area contributed by atoms with E-state index in [-0.39, 0.29) is 29.4 Å². The van der Waals surface area contributed by atoms with Crippen LogP contribution in [0.4, 0.5) is 5.82 Å². The van der Waals surface area contributed by atoms with Gasteiger partial charge in [-0.2, -0.15) is 5.10 Å². The molecular weight excluding hydrogens is 454 g/mol. The number of anilines is 1. The molecule has 0 unspecified atom stereocenters. The van der Waals surface area contributed by atoms with Gasteiger partial charge in [0, 0.05) is 6.42 Å². The largest absolute Gasteiger partial charge is 0.414 e. The summed E-state index contributed by atoms with van der Waals surface area (Å²) in [5.74, 6) is 0.357. The molecule has 0 amide bonds. The lowest BCUT2D eigenvalue weighted by atomic mass is 10.1. The standard InChI is InChI=1S/C22H39N5O4Si2/c1-12(2)32(13(3)4)28-10-18-16(30-33(31-32,14(5)6)15(7)8)9-17(29-18)19-20-21(27-26-19)22(23)25-11-24-20/h11-18H,9-10H2,1-8H3,(H,26,27)(H2,23,24,25)/t16-,17+,18+/m0/s1. The lowest BCUT2D eigenvalue weighted by molar-refractivity contribution is -0.0391. The van der Waals surface area contributed by atoms with Gasteiger partial charge >= 0.3 is 17.1 Å². The first-order valence-electron chi connectivity index (χ1n) is 12.1. The molecule has 3 atom stereocenters. The molecule has 0 bridgehead atoms. The summed E-state index contributed by atoms with van der Waals surface area (Å²) in [6, 6.07) is 0. The Kier molecular flexibility index (Phi) is 6.75. The molecule has 11 heteroatoms. The normalized spacial score (nSPS) is 27.5. The quantitative estimate of drug-likeness (QED) is 0.574. The van der Waals surface area contributed by atoms with Gasteiger partial charge in [0.2, 0.25) is 0 Å². The highest BCUT2D eigenvalue weighted by molar-refractivity contribution is 6.83. The van der Waals surface area contributed by atoms with Crippen LogP contribution in [-0.4, -0.2) is 56.1 Å². The van der Waals surface area contributed by atoms with Crippen LogP contribution in [0.5, 0.6) is 0 Å². The Morgan fingerprint density at radius 1 is 0.909 bits per heavy atom. The number of H-pyrrole nitrogens is 1. The second kappa shape index (κ2) is 9.01. The van der Waals surface area contributed by atoms with Crippen LogP contribution in [-0.2, 0) is 17.7 Å². The lowest BCUT2D eigenvalue weighted by Gasteiger charge is -2.51. The van der Waals surface area contributed by atoms with Crippen LogP contribution in [0.1, 0.15) is 73.6 Å². The van der Waals surface area contributed by atoms with Crippen LogP contribution in [0.15, 0.2) is 6.33 Å². The SMILES string of the molecule is CC(C)[Si]1(C(C)C)OC[C@H]2O[C@@H](c3[nH]nc4c(N)ncnc34)C[C@@H]2O[Si](C(C)C)(C(C)C)O1. The highest BCUT2D eigenvalue weighted by Crippen LogP contribution is 2.49. The van der Waals surface area contributed by atoms with Crippen molar-refractivity contribution in [3.05, 3.63) is 12.0 Å². The number of nitrogen functional groups attached to an aromatic ring is 1. The number of nitrogens with one attached hydrogen (secondary N) is 1. The van der Waals surface area contributed by atoms with Gasteiger partial charge in [0.1, 0.15) is 24.1 Å². The fourth-order valence-corrected chi connectivity index (χ4v) is 16.6. The molecule has 9 nitrogen and oxygen atoms in total. The maximum Gasteiger partial charge on any atom is 0.335 e. The van der Waals surface area contributed by atoms with E-state index in [2.05, 4.69) is 75.6 Å². The molecule has 2 aromatic heterocycles. The fourth-order valence-electron chi connectivity index (χ4n) is 5.43. The topological polar surface area (TPSA) is 117 Å². The first kappa shape index (κ1) is 24.7. The third-order valence-electron chi connectivity index (χ3n) is 7.26. The minimum atomic E-state index is -2.66. The van der Waals surface area contributed by atoms with Gasteiger partial charge in [-0.15, -0.1) is 0 Å². The van der Waals surface area contributed by atoms with Crippen LogP contribution < -0.4 is 5.73 Å². The van der Waals surface area contributed by atoms with E-state index in [1.165, 1.54) is 6.33 Å². The average Bonchev–Trinajstić information content (AvgIpc) is 3.32. The van der Waals surface area contributed by atoms with Crippen LogP contribution in [0.25, 0.3) is 11.0 Å². The monoisotopic (exact) mass is 493 g/mol. The number of hydrogen-bond acceptors (Lipinski definition) is 8. The molecular formula is C22H39N5O4Si2. The summed E-state index contributed by atoms with van der Waals surface area (Å²) < 4.78 is 27.7. The van der Waals surface area contributed by atoms with Gasteiger partial charge in [0.05, 0.1) is 18.4 Å². The average molecular weight is 494 g/mol. The number of aromatic amines is 1. The lowest BCUT2D eigenvalue weighted by Crippen LogP contribution is -2.65. The van der Waals surface area contributed by atoms with E-state index in [9.17, 15) is 0 Å². The van der Waals surface area contributed by atoms with Gasteiger partial charge in [-0.25, -0.2) is 9.97 Å². The van der Waals surface area contributed by atoms with Crippen LogP contribution >= 0.6 is 0 Å². The smallest absolute Gasteiger partial charge is 0.335 e. The Balaban J connectivity index is 1.72. The van der Waals surface area contributed by atoms with E-state index in [1.54, 1.807) is 0 Å². The Morgan fingerprint density at radius 2 is 1.55 bits per heavy atom. The molecule has 0 aromatic carbocycles. The molecule has 0 radical (unpaired) electrons. The molecule has 33 heavy (non-hydrogen) atoms. The first-order valence-corrected chi connectivity index (χ1v) is 16.1. The Labute approximate surface area is 198 Å². The van der Waals surface area contributed by atoms with Crippen molar-refractivity contribution in [1.29, 1.82) is 0 Å². The van der Waals surface area contributed by atoms with E-state index >= 15 is 0 Å². The fraction of sp³-hybridized carbons (Fsp3) is 0.773. The summed E-state index contributed by atoms with van der Waals surface area (Å²) in [4.78, 5) is 8.45. The molecule has 4 heterocycles. The number of nitrogens with two attached hydrogens (primary N) is 1. The van der Waals surface area contributed by atoms with E-state index in [1.807, 2.05) is 0 Å². The predicted molar refractivity (Wildman–Crippen MR) is 132 cm³/mol. The maximum atomic E-state index is 7.25. The van der Waals surface area contributed by atoms with Crippen molar-refractivity contribution in [2.45, 2.75) is 102 Å². The van der Waals surface area contributed by atoms with Gasteiger partial charge in [-0.1, -0.05) is 55.4 Å². The second-order valence-corrected chi connectivity index (χ2v) is 19.5. The van der Waals surface area contributed by atoms with Crippen molar-refractivity contribution in [3.8, 4) is 0 Å². The first-order chi connectivity index (χ1) is 15.5. The number of nitrogens with zero attached hydrogens (tertiary/aromatic N) is 3. The van der Waals surface area contributed by atoms with Crippen molar-refractivity contribution in [1.82, 2.24) is 20.2 Å². The van der Waals surface area contributed by atoms with Crippen molar-refractivity contribution in [2.24, 2.45) is 0 Å². The summed E-state index contributed by atoms with van der Waals surface area (Å²) in [6.45, 7) is 18.3. The Hall–Kier alpha value is -1.38. The number of fused-ring (bicyclic) bond motifs is 2. The van der Waals surface area contributed by atoms with Gasteiger partial charge in [0.25, 0.3) is 0 Å². The number of ether oxygens (including phenoxy) is 1. The van der Waals surface area contributed by atoms with Crippen molar-refractivity contribution >= 4 is 34.0 Å². The molecule has 184 valence electrons. The number of hydrogen-bond donors (Lipinski definition) is 2. The minimum absolute atomic E-state index is 0.115. The molecule has 2 aliphatic rings. The number of aromatic nitrogens is 4. The molecule has 3 N–H and O–H groups in total. The molecule has 2 aliphatic heterocycles. The van der Waals surface area contributed by atoms with E-state index < -0.39 is 17.1 Å². The number of rotatable bonds is 5. The summed E-state index contributed by atoms with van der Waals surface area (Å²) in [5.41, 5.74) is 9.23. The molecule has 2 saturated heterocycles. The molecule has 4 rings (SSSR count). The molecule has 2 fully saturated rings. The summed E-state index contributed by atoms with van der Waals surface area (Å²) in [5, 5.41) is 7.43. The third-order valence-corrected chi connectivity index (χ3v) is 17.5. The van der Waals surface area contributed by atoms with Crippen LogP contribution in [0, 0.1) is 0 Å². The maximum absolute atomic E-state index is 7.25. The highest BCUT2D eigenvalue weighted by atomic mass is 28.5. The second-order valence-electron chi connectivity index (χ2n) is 10.6. The van der Waals surface area contributed by atoms with E-state index in [0.717, 1.165) is 5.69 Å². The van der Waals surface area contributed by atoms with Gasteiger partial charge < -0.3 is 23.4 Å². The van der Waals surface area contributed by atoms with Crippen molar-refractivity contribution in [3.63, 3.8) is 0 Å². The third kappa shape index (κ3) is 4.06.